The van der Waals surface area contributed by atoms with Gasteiger partial charge in [0.05, 0.1) is 11.5 Å². The molecule has 24 heavy (non-hydrogen) atoms. The Balaban J connectivity index is 1.85. The van der Waals surface area contributed by atoms with Gasteiger partial charge in [0.2, 0.25) is 0 Å². The second-order valence-corrected chi connectivity index (χ2v) is 8.76. The number of hydrogen-bond donors (Lipinski definition) is 0. The highest BCUT2D eigenvalue weighted by atomic mass is 31.2. The topological polar surface area (TPSA) is 26.3 Å². The van der Waals surface area contributed by atoms with Gasteiger partial charge in [0.15, 0.2) is 0 Å². The van der Waals surface area contributed by atoms with Crippen molar-refractivity contribution in [1.29, 1.82) is 0 Å². The fourth-order valence-corrected chi connectivity index (χ4v) is 5.84. The van der Waals surface area contributed by atoms with Crippen molar-refractivity contribution >= 4 is 12.7 Å². The number of hydrogen-bond acceptors (Lipinski definition) is 2. The summed E-state index contributed by atoms with van der Waals surface area (Å²) in [6.07, 6.45) is 0.418. The van der Waals surface area contributed by atoms with Crippen LogP contribution >= 0.6 is 7.37 Å². The van der Waals surface area contributed by atoms with Crippen LogP contribution in [0.3, 0.4) is 0 Å². The first-order valence-corrected chi connectivity index (χ1v) is 9.91. The quantitative estimate of drug-likeness (QED) is 0.581. The van der Waals surface area contributed by atoms with Crippen LogP contribution in [-0.4, -0.2) is 0 Å². The predicted octanol–water partition coefficient (Wildman–Crippen LogP) is 5.47. The molecule has 2 nitrogen and oxygen atoms in total. The van der Waals surface area contributed by atoms with Gasteiger partial charge in [-0.2, -0.15) is 0 Å². The molecule has 1 unspecified atom stereocenters. The van der Waals surface area contributed by atoms with E-state index in [-0.39, 0.29) is 0 Å². The number of benzene rings is 3. The average Bonchev–Trinajstić information content (AvgIpc) is 2.54. The van der Waals surface area contributed by atoms with Gasteiger partial charge in [-0.25, -0.2) is 0 Å². The molecule has 0 radical (unpaired) electrons. The summed E-state index contributed by atoms with van der Waals surface area (Å²) in [6, 6.07) is 22.1. The summed E-state index contributed by atoms with van der Waals surface area (Å²) < 4.78 is 19.9. The lowest BCUT2D eigenvalue weighted by Crippen LogP contribution is -2.18. The lowest BCUT2D eigenvalue weighted by atomic mass is 10.0. The van der Waals surface area contributed by atoms with E-state index in [0.717, 1.165) is 22.0 Å². The van der Waals surface area contributed by atoms with E-state index < -0.39 is 7.37 Å². The molecular formula is C21H19O2P. The molecule has 120 valence electrons. The van der Waals surface area contributed by atoms with E-state index >= 15 is 0 Å². The normalized spacial score (nSPS) is 18.4. The Morgan fingerprint density at radius 1 is 0.833 bits per heavy atom. The second kappa shape index (κ2) is 5.65. The van der Waals surface area contributed by atoms with Gasteiger partial charge < -0.3 is 4.52 Å². The summed E-state index contributed by atoms with van der Waals surface area (Å²) in [5, 5.41) is 0.822. The predicted molar refractivity (Wildman–Crippen MR) is 99.4 cm³/mol. The van der Waals surface area contributed by atoms with Gasteiger partial charge in [-0.1, -0.05) is 65.7 Å². The van der Waals surface area contributed by atoms with E-state index in [1.807, 2.05) is 48.5 Å². The number of aryl methyl sites for hydroxylation is 2. The summed E-state index contributed by atoms with van der Waals surface area (Å²) in [7, 11) is -3.00. The van der Waals surface area contributed by atoms with Crippen molar-refractivity contribution in [3.63, 3.8) is 0 Å². The smallest absolute Gasteiger partial charge is 0.282 e. The van der Waals surface area contributed by atoms with Crippen LogP contribution in [0.2, 0.25) is 0 Å². The van der Waals surface area contributed by atoms with E-state index in [9.17, 15) is 4.57 Å². The molecule has 0 fully saturated rings. The van der Waals surface area contributed by atoms with E-state index in [4.69, 9.17) is 4.52 Å². The maximum atomic E-state index is 13.8. The maximum absolute atomic E-state index is 13.8. The van der Waals surface area contributed by atoms with Crippen molar-refractivity contribution < 1.29 is 9.09 Å². The third-order valence-electron chi connectivity index (χ3n) is 4.37. The van der Waals surface area contributed by atoms with Crippen molar-refractivity contribution in [3.05, 3.63) is 83.4 Å². The first-order chi connectivity index (χ1) is 11.5. The largest absolute Gasteiger partial charge is 0.439 e. The summed E-state index contributed by atoms with van der Waals surface area (Å²) in [4.78, 5) is 0. The minimum Gasteiger partial charge on any atom is -0.439 e. The van der Waals surface area contributed by atoms with Crippen LogP contribution < -0.4 is 9.83 Å². The van der Waals surface area contributed by atoms with Crippen LogP contribution in [-0.2, 0) is 10.7 Å². The molecule has 0 spiro atoms. The molecule has 1 aliphatic rings. The zero-order valence-corrected chi connectivity index (χ0v) is 14.7. The molecule has 1 atom stereocenters. The minimum absolute atomic E-state index is 0.418. The third-order valence-corrected chi connectivity index (χ3v) is 6.76. The van der Waals surface area contributed by atoms with Crippen molar-refractivity contribution in [2.24, 2.45) is 0 Å². The monoisotopic (exact) mass is 334 g/mol. The highest BCUT2D eigenvalue weighted by Gasteiger charge is 2.35. The number of para-hydroxylation sites is 1. The number of rotatable bonds is 2. The fraction of sp³-hybridized carbons (Fsp3) is 0.143. The van der Waals surface area contributed by atoms with Crippen molar-refractivity contribution in [1.82, 2.24) is 0 Å². The Hall–Kier alpha value is -2.31. The van der Waals surface area contributed by atoms with Crippen LogP contribution in [0.15, 0.2) is 66.7 Å². The fourth-order valence-electron chi connectivity index (χ4n) is 3.49. The molecule has 0 N–H and O–H groups in total. The van der Waals surface area contributed by atoms with Crippen LogP contribution in [0.1, 0.15) is 16.7 Å². The molecule has 0 saturated heterocycles. The van der Waals surface area contributed by atoms with Gasteiger partial charge in [-0.15, -0.1) is 0 Å². The van der Waals surface area contributed by atoms with E-state index in [0.29, 0.717) is 11.9 Å². The Morgan fingerprint density at radius 3 is 2.21 bits per heavy atom. The molecule has 1 aliphatic heterocycles. The second-order valence-electron chi connectivity index (χ2n) is 6.43. The summed E-state index contributed by atoms with van der Waals surface area (Å²) in [5.41, 5.74) is 5.46. The molecular weight excluding hydrogens is 315 g/mol. The van der Waals surface area contributed by atoms with Gasteiger partial charge in [0.25, 0.3) is 7.37 Å². The highest BCUT2D eigenvalue weighted by Crippen LogP contribution is 2.56. The Kier molecular flexibility index (Phi) is 3.58. The third kappa shape index (κ3) is 2.57. The molecule has 3 aromatic carbocycles. The van der Waals surface area contributed by atoms with Gasteiger partial charge in [0.1, 0.15) is 5.75 Å². The molecule has 0 amide bonds. The molecule has 1 heterocycles. The van der Waals surface area contributed by atoms with Gasteiger partial charge >= 0.3 is 0 Å². The summed E-state index contributed by atoms with van der Waals surface area (Å²) >= 11 is 0. The lowest BCUT2D eigenvalue weighted by molar-refractivity contribution is 0.490. The summed E-state index contributed by atoms with van der Waals surface area (Å²) in [5.74, 6) is 0.712. The van der Waals surface area contributed by atoms with Gasteiger partial charge in [0, 0.05) is 5.56 Å². The molecule has 0 bridgehead atoms. The Bertz CT molecular complexity index is 955. The maximum Gasteiger partial charge on any atom is 0.282 e. The van der Waals surface area contributed by atoms with Crippen LogP contribution in [0.4, 0.5) is 0 Å². The Morgan fingerprint density at radius 2 is 1.46 bits per heavy atom. The minimum atomic E-state index is -3.00. The number of fused-ring (bicyclic) bond motifs is 3. The molecule has 3 heteroatoms. The van der Waals surface area contributed by atoms with E-state index in [1.165, 1.54) is 11.1 Å². The van der Waals surface area contributed by atoms with Crippen LogP contribution in [0.25, 0.3) is 11.1 Å². The average molecular weight is 334 g/mol. The van der Waals surface area contributed by atoms with Gasteiger partial charge in [-0.3, -0.25) is 4.57 Å². The standard InChI is InChI=1S/C21H19O2P/c1-15-11-16(2)13-17(12-15)14-24(22)21-10-6-4-8-19(21)18-7-3-5-9-20(18)23-24/h3-13H,14H2,1-2H3. The van der Waals surface area contributed by atoms with E-state index in [2.05, 4.69) is 32.0 Å². The molecule has 0 saturated carbocycles. The van der Waals surface area contributed by atoms with Crippen molar-refractivity contribution in [2.75, 3.05) is 0 Å². The van der Waals surface area contributed by atoms with Gasteiger partial charge in [-0.05, 0) is 37.1 Å². The van der Waals surface area contributed by atoms with Crippen molar-refractivity contribution in [3.8, 4) is 16.9 Å². The molecule has 3 aromatic rings. The summed E-state index contributed by atoms with van der Waals surface area (Å²) in [6.45, 7) is 4.13. The molecule has 0 aliphatic carbocycles. The first-order valence-electron chi connectivity index (χ1n) is 8.10. The molecule has 4 rings (SSSR count). The Labute approximate surface area is 142 Å². The lowest BCUT2D eigenvalue weighted by Gasteiger charge is -2.28. The van der Waals surface area contributed by atoms with E-state index in [1.54, 1.807) is 0 Å². The highest BCUT2D eigenvalue weighted by molar-refractivity contribution is 7.67. The van der Waals surface area contributed by atoms with Crippen LogP contribution in [0.5, 0.6) is 5.75 Å². The zero-order chi connectivity index (χ0) is 16.7. The zero-order valence-electron chi connectivity index (χ0n) is 13.8. The first kappa shape index (κ1) is 15.2. The van der Waals surface area contributed by atoms with Crippen LogP contribution in [0, 0.1) is 13.8 Å². The van der Waals surface area contributed by atoms with Crippen molar-refractivity contribution in [2.45, 2.75) is 20.0 Å². The molecule has 0 aromatic heterocycles. The SMILES string of the molecule is Cc1cc(C)cc(CP2(=O)Oc3ccccc3-c3ccccc32)c1.